The van der Waals surface area contributed by atoms with Crippen LogP contribution in [0.5, 0.6) is 0 Å². The van der Waals surface area contributed by atoms with Crippen LogP contribution in [0.2, 0.25) is 0 Å². The van der Waals surface area contributed by atoms with Gasteiger partial charge in [-0.05, 0) is 87.2 Å². The molecule has 0 aliphatic carbocycles. The van der Waals surface area contributed by atoms with E-state index < -0.39 is 0 Å². The molecule has 0 radical (unpaired) electrons. The molecule has 59 heavy (non-hydrogen) atoms. The first kappa shape index (κ1) is 42.8. The fourth-order valence-electron chi connectivity index (χ4n) is 11.4. The first-order valence-electron chi connectivity index (χ1n) is 23.7. The molecule has 6 nitrogen and oxygen atoms in total. The Morgan fingerprint density at radius 3 is 1.08 bits per heavy atom. The summed E-state index contributed by atoms with van der Waals surface area (Å²) in [6.07, 6.45) is 19.3. The first-order chi connectivity index (χ1) is 28.8. The molecule has 0 saturated heterocycles. The van der Waals surface area contributed by atoms with E-state index in [2.05, 4.69) is 41.5 Å². The maximum absolute atomic E-state index is 14.7. The van der Waals surface area contributed by atoms with Gasteiger partial charge in [-0.15, -0.1) is 0 Å². The lowest BCUT2D eigenvalue weighted by atomic mass is 9.73. The molecule has 0 N–H and O–H groups in total. The summed E-state index contributed by atoms with van der Waals surface area (Å²) in [4.78, 5) is 61.7. The van der Waals surface area contributed by atoms with Crippen molar-refractivity contribution in [3.8, 4) is 0 Å². The zero-order valence-corrected chi connectivity index (χ0v) is 36.9. The third kappa shape index (κ3) is 7.79. The van der Waals surface area contributed by atoms with Crippen LogP contribution in [0.4, 0.5) is 0 Å². The molecule has 0 bridgehead atoms. The molecule has 2 aliphatic heterocycles. The lowest BCUT2D eigenvalue weighted by molar-refractivity contribution is 0.0497. The van der Waals surface area contributed by atoms with Crippen molar-refractivity contribution < 1.29 is 19.2 Å². The number of carbonyl (C=O) groups is 4. The molecule has 0 spiro atoms. The van der Waals surface area contributed by atoms with E-state index in [1.807, 2.05) is 48.5 Å². The first-order valence-corrected chi connectivity index (χ1v) is 23.7. The van der Waals surface area contributed by atoms with Gasteiger partial charge in [0.05, 0.1) is 0 Å². The summed E-state index contributed by atoms with van der Waals surface area (Å²) < 4.78 is 0. The van der Waals surface area contributed by atoms with E-state index in [1.54, 1.807) is 9.80 Å². The van der Waals surface area contributed by atoms with Crippen molar-refractivity contribution >= 4 is 66.7 Å². The highest BCUT2D eigenvalue weighted by Crippen LogP contribution is 2.47. The van der Waals surface area contributed by atoms with Crippen molar-refractivity contribution in [2.75, 3.05) is 6.54 Å². The predicted octanol–water partition coefficient (Wildman–Crippen LogP) is 14.3. The fraction of sp³-hybridized carbons (Fsp3) is 0.547. The van der Waals surface area contributed by atoms with Gasteiger partial charge in [-0.25, -0.2) is 0 Å². The number of nitrogens with zero attached hydrogens (tertiary/aromatic N) is 2. The molecule has 6 heteroatoms. The summed E-state index contributed by atoms with van der Waals surface area (Å²) in [7, 11) is 0. The maximum Gasteiger partial charge on any atom is 0.261 e. The molecule has 0 unspecified atom stereocenters. The number of imide groups is 2. The molecule has 0 aromatic heterocycles. The van der Waals surface area contributed by atoms with Crippen molar-refractivity contribution in [1.29, 1.82) is 0 Å². The standard InChI is InChI=1S/C53H68N2O4/c1-7-13-15-17-23-36(24-18-16-14-8-2)55-52(58)43-31-27-39-37-25-29-41-48-42(30-26-38(46(37)48)40-28-32-44(53(55)59)49(43)47(39)40)51(57)54(50(41)56)33-45(34(19-9-3)20-10-4)35(21-11-5)22-12-6/h25-32,34-36,45H,7-24,33H2,1-6H3. The minimum atomic E-state index is -0.194. The molecule has 2 aliphatic rings. The number of rotatable bonds is 23. The lowest BCUT2D eigenvalue weighted by Gasteiger charge is -2.38. The van der Waals surface area contributed by atoms with Gasteiger partial charge >= 0.3 is 0 Å². The fourth-order valence-corrected chi connectivity index (χ4v) is 11.4. The Balaban J connectivity index is 1.31. The smallest absolute Gasteiger partial charge is 0.261 e. The quantitative estimate of drug-likeness (QED) is 0.0285. The summed E-state index contributed by atoms with van der Waals surface area (Å²) in [6, 6.07) is 15.7. The molecule has 5 aromatic carbocycles. The van der Waals surface area contributed by atoms with Crippen molar-refractivity contribution in [3.05, 3.63) is 70.8 Å². The topological polar surface area (TPSA) is 74.8 Å². The molecular weight excluding hydrogens is 729 g/mol. The van der Waals surface area contributed by atoms with Gasteiger partial charge in [-0.3, -0.25) is 29.0 Å². The Labute approximate surface area is 352 Å². The Hall–Kier alpha value is -4.32. The van der Waals surface area contributed by atoms with Gasteiger partial charge in [0.1, 0.15) is 0 Å². The summed E-state index contributed by atoms with van der Waals surface area (Å²) >= 11 is 0. The highest BCUT2D eigenvalue weighted by atomic mass is 16.2. The summed E-state index contributed by atoms with van der Waals surface area (Å²) in [5, 5.41) is 7.03. The van der Waals surface area contributed by atoms with Crippen LogP contribution in [0.3, 0.4) is 0 Å². The zero-order valence-electron chi connectivity index (χ0n) is 36.9. The molecule has 5 aromatic rings. The van der Waals surface area contributed by atoms with Crippen molar-refractivity contribution in [3.63, 3.8) is 0 Å². The highest BCUT2D eigenvalue weighted by Gasteiger charge is 2.41. The second-order valence-electron chi connectivity index (χ2n) is 18.0. The molecule has 0 atom stereocenters. The average molecular weight is 797 g/mol. The number of unbranched alkanes of at least 4 members (excludes halogenated alkanes) is 6. The van der Waals surface area contributed by atoms with Gasteiger partial charge in [-0.1, -0.05) is 169 Å². The Morgan fingerprint density at radius 2 is 0.746 bits per heavy atom. The van der Waals surface area contributed by atoms with Crippen LogP contribution in [0.15, 0.2) is 48.5 Å². The van der Waals surface area contributed by atoms with Gasteiger partial charge in [0.25, 0.3) is 23.6 Å². The third-order valence-corrected chi connectivity index (χ3v) is 14.1. The molecule has 0 saturated carbocycles. The van der Waals surface area contributed by atoms with Crippen LogP contribution in [0, 0.1) is 17.8 Å². The van der Waals surface area contributed by atoms with Gasteiger partial charge in [0.2, 0.25) is 0 Å². The minimum Gasteiger partial charge on any atom is -0.274 e. The molecular formula is C53H68N2O4. The van der Waals surface area contributed by atoms with E-state index in [4.69, 9.17) is 0 Å². The number of hydrogen-bond acceptors (Lipinski definition) is 4. The van der Waals surface area contributed by atoms with Gasteiger partial charge < -0.3 is 0 Å². The lowest BCUT2D eigenvalue weighted by Crippen LogP contribution is -2.47. The number of hydrogen-bond donors (Lipinski definition) is 0. The van der Waals surface area contributed by atoms with Crippen molar-refractivity contribution in [2.24, 2.45) is 17.8 Å². The number of amides is 4. The van der Waals surface area contributed by atoms with Gasteiger partial charge in [0, 0.05) is 45.6 Å². The zero-order chi connectivity index (χ0) is 41.8. The van der Waals surface area contributed by atoms with Gasteiger partial charge in [-0.2, -0.15) is 0 Å². The second-order valence-corrected chi connectivity index (χ2v) is 18.0. The van der Waals surface area contributed by atoms with E-state index in [0.717, 1.165) is 159 Å². The molecule has 2 heterocycles. The van der Waals surface area contributed by atoms with Crippen LogP contribution < -0.4 is 0 Å². The summed E-state index contributed by atoms with van der Waals surface area (Å²) in [5.74, 6) is 0.445. The third-order valence-electron chi connectivity index (χ3n) is 14.1. The van der Waals surface area contributed by atoms with E-state index in [0.29, 0.717) is 40.6 Å². The number of benzene rings is 5. The van der Waals surface area contributed by atoms with Crippen LogP contribution in [0.1, 0.15) is 199 Å². The monoisotopic (exact) mass is 797 g/mol. The van der Waals surface area contributed by atoms with E-state index >= 15 is 0 Å². The Kier molecular flexibility index (Phi) is 13.7. The van der Waals surface area contributed by atoms with Crippen molar-refractivity contribution in [2.45, 2.75) is 163 Å². The van der Waals surface area contributed by atoms with Gasteiger partial charge in [0.15, 0.2) is 0 Å². The average Bonchev–Trinajstić information content (AvgIpc) is 3.24. The molecule has 314 valence electrons. The van der Waals surface area contributed by atoms with E-state index in [9.17, 15) is 19.2 Å². The number of fused-ring (bicyclic) bond motifs is 2. The summed E-state index contributed by atoms with van der Waals surface area (Å²) in [6.45, 7) is 13.9. The van der Waals surface area contributed by atoms with Crippen LogP contribution >= 0.6 is 0 Å². The van der Waals surface area contributed by atoms with Crippen LogP contribution in [0.25, 0.3) is 43.1 Å². The molecule has 7 rings (SSSR count). The molecule has 4 amide bonds. The van der Waals surface area contributed by atoms with Crippen LogP contribution in [-0.4, -0.2) is 46.0 Å². The van der Waals surface area contributed by atoms with Crippen LogP contribution in [-0.2, 0) is 0 Å². The van der Waals surface area contributed by atoms with E-state index in [-0.39, 0.29) is 35.6 Å². The normalized spacial score (nSPS) is 14.5. The second kappa shape index (κ2) is 18.9. The minimum absolute atomic E-state index is 0.116. The molecule has 0 fully saturated rings. The number of carbonyl (C=O) groups excluding carboxylic acids is 4. The Morgan fingerprint density at radius 1 is 0.390 bits per heavy atom. The van der Waals surface area contributed by atoms with Crippen molar-refractivity contribution in [1.82, 2.24) is 9.80 Å². The van der Waals surface area contributed by atoms with E-state index in [1.165, 1.54) is 0 Å². The SMILES string of the molecule is CCCCCCC(CCCCCC)N1C(=O)c2ccc3c4ccc5c6c(ccc(c7ccc(c2c37)C1=O)c64)C(=O)N(CC(C(CCC)CCC)C(CCC)CCC)C5=O. The largest absolute Gasteiger partial charge is 0.274 e. The Bertz CT molecular complexity index is 2160. The summed E-state index contributed by atoms with van der Waals surface area (Å²) in [5.41, 5.74) is 2.35. The predicted molar refractivity (Wildman–Crippen MR) is 245 cm³/mol. The highest BCUT2D eigenvalue weighted by molar-refractivity contribution is 6.41. The maximum atomic E-state index is 14.7.